The van der Waals surface area contributed by atoms with Crippen LogP contribution in [-0.4, -0.2) is 96.7 Å². The van der Waals surface area contributed by atoms with Crippen molar-refractivity contribution in [3.63, 3.8) is 0 Å². The van der Waals surface area contributed by atoms with Crippen LogP contribution in [0.15, 0.2) is 146 Å². The second-order valence-corrected chi connectivity index (χ2v) is 29.2. The fourth-order valence-corrected chi connectivity index (χ4v) is 11.7. The van der Waals surface area contributed by atoms with Crippen molar-refractivity contribution >= 4 is 39.5 Å². The van der Waals surface area contributed by atoms with E-state index in [1.54, 1.807) is 0 Å². The van der Waals surface area contributed by atoms with E-state index in [1.165, 1.54) is 83.5 Å². The first-order valence-corrected chi connectivity index (χ1v) is 43.1. The number of aliphatic hydroxyl groups excluding tert-OH is 1. The van der Waals surface area contributed by atoms with Crippen LogP contribution in [0.4, 0.5) is 0 Å². The molecule has 0 aliphatic carbocycles. The molecule has 17 nitrogen and oxygen atoms in total. The Balaban J connectivity index is 5.50. The predicted molar refractivity (Wildman–Crippen MR) is 427 cm³/mol. The van der Waals surface area contributed by atoms with Crippen LogP contribution in [0.5, 0.6) is 0 Å². The summed E-state index contributed by atoms with van der Waals surface area (Å²) in [6.07, 6.45) is 86.9. The number of aliphatic hydroxyl groups is 1. The number of ether oxygens (including phenoxy) is 4. The van der Waals surface area contributed by atoms with E-state index < -0.39 is 97.5 Å². The van der Waals surface area contributed by atoms with Gasteiger partial charge in [0.1, 0.15) is 19.3 Å². The van der Waals surface area contributed by atoms with Crippen molar-refractivity contribution in [2.75, 3.05) is 39.6 Å². The minimum atomic E-state index is -5.01. The van der Waals surface area contributed by atoms with Gasteiger partial charge in [0.05, 0.1) is 26.4 Å². The molecule has 0 aromatic rings. The van der Waals surface area contributed by atoms with Crippen molar-refractivity contribution in [3.05, 3.63) is 146 Å². The molecule has 104 heavy (non-hydrogen) atoms. The number of carbonyl (C=O) groups is 4. The van der Waals surface area contributed by atoms with Crippen LogP contribution in [-0.2, 0) is 65.4 Å². The third kappa shape index (κ3) is 75.2. The molecule has 0 aliphatic rings. The van der Waals surface area contributed by atoms with Gasteiger partial charge >= 0.3 is 39.5 Å². The smallest absolute Gasteiger partial charge is 0.462 e. The van der Waals surface area contributed by atoms with E-state index in [0.717, 1.165) is 135 Å². The Morgan fingerprint density at radius 3 is 0.846 bits per heavy atom. The van der Waals surface area contributed by atoms with Crippen molar-refractivity contribution in [1.82, 2.24) is 0 Å². The molecular weight excluding hydrogens is 1350 g/mol. The standard InChI is InChI=1S/C85H142O17P2/c1-5-9-13-17-21-25-29-33-37-39-43-46-50-54-58-62-66-70-83(88)96-76-81(102-85(90)72-68-64-60-56-52-48-44-40-38-34-30-26-22-18-14-10-6-2)78-100-104(93,94)98-74-79(86)73-97-103(91,92)99-77-80(101-84(89)71-67-63-59-55-51-47-42-36-32-28-24-20-16-12-8-4)75-95-82(87)69-65-61-57-53-49-45-41-35-31-27-23-19-15-11-7-3/h21-23,25-28,32-38,41-44,46,48,54,56,58,60,79-81,86H,5-20,24,29-31,39-40,45,47,49-53,55,57,59,61-78H2,1-4H3,(H,91,92)(H,93,94)/b25-21-,26-22-,27-23-,32-28-,37-33-,38-34-,41-35-,42-36-,46-43-,48-44-,58-54-,60-56-/t79-,80+,81+/m0/s1. The number of hydrogen-bond donors (Lipinski definition) is 3. The Kier molecular flexibility index (Phi) is 72.4. The van der Waals surface area contributed by atoms with E-state index >= 15 is 0 Å². The number of carbonyl (C=O) groups excluding carboxylic acids is 4. The minimum absolute atomic E-state index is 0.00279. The largest absolute Gasteiger partial charge is 0.472 e. The molecule has 0 heterocycles. The molecule has 2 unspecified atom stereocenters. The topological polar surface area (TPSA) is 237 Å². The first kappa shape index (κ1) is 98.9. The lowest BCUT2D eigenvalue weighted by molar-refractivity contribution is -0.161. The van der Waals surface area contributed by atoms with Gasteiger partial charge in [-0.1, -0.05) is 270 Å². The van der Waals surface area contributed by atoms with Crippen molar-refractivity contribution < 1.29 is 80.2 Å². The lowest BCUT2D eigenvalue weighted by Gasteiger charge is -2.21. The van der Waals surface area contributed by atoms with Gasteiger partial charge in [-0.2, -0.15) is 0 Å². The summed E-state index contributed by atoms with van der Waals surface area (Å²) in [5, 5.41) is 10.6. The lowest BCUT2D eigenvalue weighted by Crippen LogP contribution is -2.30. The highest BCUT2D eigenvalue weighted by Gasteiger charge is 2.30. The summed E-state index contributed by atoms with van der Waals surface area (Å²) in [5.74, 6) is -2.34. The zero-order valence-electron chi connectivity index (χ0n) is 64.9. The van der Waals surface area contributed by atoms with E-state index in [2.05, 4.69) is 149 Å². The molecule has 3 N–H and O–H groups in total. The zero-order chi connectivity index (χ0) is 76.0. The van der Waals surface area contributed by atoms with Gasteiger partial charge in [0, 0.05) is 25.7 Å². The van der Waals surface area contributed by atoms with E-state index in [-0.39, 0.29) is 25.7 Å². The Hall–Kier alpha value is -5.06. The molecule has 594 valence electrons. The first-order valence-electron chi connectivity index (χ1n) is 40.1. The van der Waals surface area contributed by atoms with Crippen LogP contribution in [0.3, 0.4) is 0 Å². The van der Waals surface area contributed by atoms with Crippen LogP contribution in [0.25, 0.3) is 0 Å². The van der Waals surface area contributed by atoms with Crippen LogP contribution < -0.4 is 0 Å². The third-order valence-electron chi connectivity index (χ3n) is 16.3. The molecule has 5 atom stereocenters. The molecule has 0 amide bonds. The summed E-state index contributed by atoms with van der Waals surface area (Å²) in [5.41, 5.74) is 0. The SMILES string of the molecule is CCCCC/C=C\C/C=C\C/C=C\C/C=C\CCCC(=O)OC[C@H](COP(=O)(O)OC[C@@H](O)COP(=O)(O)OC[C@@H](COC(=O)CCCCCCC/C=C\C/C=C\CCCCC)OC(=O)CCCCCCC/C=C\C=C/CCCCCC)OC(=O)CCC/C=C\C/C=C\C/C=C\C/C=C\CCCCC. The second kappa shape index (κ2) is 76.1. The molecule has 0 saturated heterocycles. The van der Waals surface area contributed by atoms with Gasteiger partial charge in [-0.25, -0.2) is 9.13 Å². The molecule has 0 fully saturated rings. The quantitative estimate of drug-likeness (QED) is 0.0128. The fraction of sp³-hybridized carbons (Fsp3) is 0.671. The molecule has 0 aromatic carbocycles. The number of unbranched alkanes of at least 4 members (excludes halogenated alkanes) is 25. The summed E-state index contributed by atoms with van der Waals surface area (Å²) >= 11 is 0. The highest BCUT2D eigenvalue weighted by molar-refractivity contribution is 7.47. The van der Waals surface area contributed by atoms with Crippen molar-refractivity contribution in [3.8, 4) is 0 Å². The number of hydrogen-bond acceptors (Lipinski definition) is 15. The number of allylic oxidation sites excluding steroid dienone is 24. The summed E-state index contributed by atoms with van der Waals surface area (Å²) in [7, 11) is -10.0. The van der Waals surface area contributed by atoms with Gasteiger partial charge in [0.25, 0.3) is 0 Å². The monoisotopic (exact) mass is 1500 g/mol. The fourth-order valence-electron chi connectivity index (χ4n) is 10.1. The van der Waals surface area contributed by atoms with E-state index in [4.69, 9.17) is 37.0 Å². The molecule has 0 rings (SSSR count). The van der Waals surface area contributed by atoms with Crippen LogP contribution in [0.2, 0.25) is 0 Å². The lowest BCUT2D eigenvalue weighted by atomic mass is 10.1. The predicted octanol–water partition coefficient (Wildman–Crippen LogP) is 23.4. The summed E-state index contributed by atoms with van der Waals surface area (Å²) in [6, 6.07) is 0. The maximum Gasteiger partial charge on any atom is 0.472 e. The molecule has 0 aromatic heterocycles. The van der Waals surface area contributed by atoms with Gasteiger partial charge < -0.3 is 33.8 Å². The number of phosphoric ester groups is 2. The van der Waals surface area contributed by atoms with Crippen LogP contribution >= 0.6 is 15.6 Å². The third-order valence-corrected chi connectivity index (χ3v) is 18.2. The highest BCUT2D eigenvalue weighted by Crippen LogP contribution is 2.45. The Morgan fingerprint density at radius 2 is 0.510 bits per heavy atom. The van der Waals surface area contributed by atoms with Crippen LogP contribution in [0, 0.1) is 0 Å². The maximum absolute atomic E-state index is 13.1. The maximum atomic E-state index is 13.1. The summed E-state index contributed by atoms with van der Waals surface area (Å²) in [4.78, 5) is 73.0. The highest BCUT2D eigenvalue weighted by atomic mass is 31.2. The van der Waals surface area contributed by atoms with Crippen molar-refractivity contribution in [2.24, 2.45) is 0 Å². The molecular formula is C85H142O17P2. The summed E-state index contributed by atoms with van der Waals surface area (Å²) < 4.78 is 68.5. The van der Waals surface area contributed by atoms with Gasteiger partial charge in [-0.05, 0) is 161 Å². The van der Waals surface area contributed by atoms with Gasteiger partial charge in [-0.15, -0.1) is 0 Å². The number of rotatable bonds is 74. The van der Waals surface area contributed by atoms with Gasteiger partial charge in [-0.3, -0.25) is 37.3 Å². The molecule has 19 heteroatoms. The zero-order valence-corrected chi connectivity index (χ0v) is 66.7. The molecule has 0 spiro atoms. The Morgan fingerprint density at radius 1 is 0.279 bits per heavy atom. The molecule has 0 bridgehead atoms. The number of phosphoric acid groups is 2. The summed E-state index contributed by atoms with van der Waals surface area (Å²) in [6.45, 7) is 4.61. The Labute approximate surface area is 630 Å². The normalized spacial score (nSPS) is 14.6. The average molecular weight is 1500 g/mol. The van der Waals surface area contributed by atoms with E-state index in [1.807, 2.05) is 24.3 Å². The van der Waals surface area contributed by atoms with Gasteiger partial charge in [0.2, 0.25) is 0 Å². The average Bonchev–Trinajstić information content (AvgIpc) is 0.926. The van der Waals surface area contributed by atoms with Crippen molar-refractivity contribution in [1.29, 1.82) is 0 Å². The first-order chi connectivity index (χ1) is 50.7. The van der Waals surface area contributed by atoms with Crippen LogP contribution in [0.1, 0.15) is 310 Å². The van der Waals surface area contributed by atoms with Crippen molar-refractivity contribution in [2.45, 2.75) is 329 Å². The van der Waals surface area contributed by atoms with E-state index in [9.17, 15) is 43.2 Å². The van der Waals surface area contributed by atoms with E-state index in [0.29, 0.717) is 38.5 Å². The van der Waals surface area contributed by atoms with Gasteiger partial charge in [0.15, 0.2) is 12.2 Å². The second-order valence-electron chi connectivity index (χ2n) is 26.3. The molecule has 0 saturated carbocycles. The minimum Gasteiger partial charge on any atom is -0.462 e. The number of esters is 4. The molecule has 0 radical (unpaired) electrons. The molecule has 0 aliphatic heterocycles. The Bertz CT molecular complexity index is 2540.